The number of hydrogen-bond acceptors (Lipinski definition) is 3. The lowest BCUT2D eigenvalue weighted by Crippen LogP contribution is -2.39. The molecule has 1 unspecified atom stereocenters. The van der Waals surface area contributed by atoms with Crippen LogP contribution >= 0.6 is 0 Å². The molecule has 1 atom stereocenters. The second-order valence-electron chi connectivity index (χ2n) is 4.84. The van der Waals surface area contributed by atoms with Crippen molar-refractivity contribution in [2.45, 2.75) is 50.7 Å². The lowest BCUT2D eigenvalue weighted by Gasteiger charge is -2.32. The first-order valence-corrected chi connectivity index (χ1v) is 6.09. The summed E-state index contributed by atoms with van der Waals surface area (Å²) in [6.45, 7) is 1.97. The zero-order chi connectivity index (χ0) is 10.7. The topological polar surface area (TPSA) is 29.5 Å². The van der Waals surface area contributed by atoms with Crippen molar-refractivity contribution in [3.8, 4) is 0 Å². The highest BCUT2D eigenvalue weighted by Gasteiger charge is 2.25. The van der Waals surface area contributed by atoms with E-state index in [-0.39, 0.29) is 0 Å². The number of hydrogen-bond donors (Lipinski definition) is 0. The molecule has 86 valence electrons. The van der Waals surface area contributed by atoms with E-state index in [1.165, 1.54) is 12.8 Å². The Morgan fingerprint density at radius 1 is 1.33 bits per heavy atom. The van der Waals surface area contributed by atoms with Crippen molar-refractivity contribution in [2.24, 2.45) is 0 Å². The van der Waals surface area contributed by atoms with E-state index in [1.54, 1.807) is 0 Å². The number of ether oxygens (including phenoxy) is 1. The van der Waals surface area contributed by atoms with Crippen molar-refractivity contribution in [3.63, 3.8) is 0 Å². The summed E-state index contributed by atoms with van der Waals surface area (Å²) in [5.41, 5.74) is 0. The molecule has 3 nitrogen and oxygen atoms in total. The molecule has 1 aliphatic heterocycles. The molecule has 2 fully saturated rings. The van der Waals surface area contributed by atoms with Gasteiger partial charge in [-0.25, -0.2) is 0 Å². The van der Waals surface area contributed by atoms with Crippen molar-refractivity contribution in [2.75, 3.05) is 20.2 Å². The fourth-order valence-corrected chi connectivity index (χ4v) is 2.62. The van der Waals surface area contributed by atoms with Gasteiger partial charge in [0.05, 0.1) is 6.10 Å². The van der Waals surface area contributed by atoms with E-state index in [0.717, 1.165) is 38.8 Å². The van der Waals surface area contributed by atoms with Crippen LogP contribution in [0.25, 0.3) is 0 Å². The van der Waals surface area contributed by atoms with Gasteiger partial charge in [-0.1, -0.05) is 0 Å². The number of rotatable bonds is 3. The zero-order valence-corrected chi connectivity index (χ0v) is 9.58. The number of ketones is 1. The Labute approximate surface area is 91.8 Å². The first kappa shape index (κ1) is 11.1. The Bertz CT molecular complexity index is 214. The fourth-order valence-electron chi connectivity index (χ4n) is 2.62. The highest BCUT2D eigenvalue weighted by atomic mass is 16.5. The van der Waals surface area contributed by atoms with E-state index >= 15 is 0 Å². The third-order valence-corrected chi connectivity index (χ3v) is 3.65. The largest absolute Gasteiger partial charge is 0.377 e. The number of nitrogens with zero attached hydrogens (tertiary/aromatic N) is 1. The Morgan fingerprint density at radius 2 is 2.07 bits per heavy atom. The van der Waals surface area contributed by atoms with Gasteiger partial charge in [-0.05, 0) is 32.7 Å². The maximum atomic E-state index is 11.1. The number of carbonyl (C=O) groups is 1. The standard InChI is InChI=1S/C12H21NO2/c1-13(9-12-3-2-8-15-12)10-4-6-11(14)7-5-10/h10,12H,2-9H2,1H3. The van der Waals surface area contributed by atoms with Gasteiger partial charge in [0.15, 0.2) is 0 Å². The maximum absolute atomic E-state index is 11.1. The molecule has 15 heavy (non-hydrogen) atoms. The Hall–Kier alpha value is -0.410. The monoisotopic (exact) mass is 211 g/mol. The normalized spacial score (nSPS) is 28.9. The van der Waals surface area contributed by atoms with Gasteiger partial charge >= 0.3 is 0 Å². The van der Waals surface area contributed by atoms with Crippen LogP contribution in [0.2, 0.25) is 0 Å². The minimum Gasteiger partial charge on any atom is -0.377 e. The summed E-state index contributed by atoms with van der Waals surface area (Å²) < 4.78 is 5.63. The van der Waals surface area contributed by atoms with E-state index in [2.05, 4.69) is 11.9 Å². The van der Waals surface area contributed by atoms with E-state index in [0.29, 0.717) is 17.9 Å². The lowest BCUT2D eigenvalue weighted by atomic mass is 9.93. The molecule has 3 heteroatoms. The van der Waals surface area contributed by atoms with Crippen molar-refractivity contribution < 1.29 is 9.53 Å². The summed E-state index contributed by atoms with van der Waals surface area (Å²) in [7, 11) is 2.17. The first-order valence-electron chi connectivity index (χ1n) is 6.09. The molecule has 1 heterocycles. The van der Waals surface area contributed by atoms with Gasteiger partial charge in [-0.2, -0.15) is 0 Å². The molecule has 0 bridgehead atoms. The van der Waals surface area contributed by atoms with Crippen molar-refractivity contribution in [1.29, 1.82) is 0 Å². The molecule has 1 saturated heterocycles. The number of likely N-dealkylation sites (N-methyl/N-ethyl adjacent to an activating group) is 1. The molecule has 0 aromatic rings. The van der Waals surface area contributed by atoms with Gasteiger partial charge in [-0.3, -0.25) is 4.79 Å². The molecule has 0 amide bonds. The van der Waals surface area contributed by atoms with Crippen molar-refractivity contribution in [1.82, 2.24) is 4.90 Å². The van der Waals surface area contributed by atoms with Gasteiger partial charge in [0, 0.05) is 32.0 Å². The van der Waals surface area contributed by atoms with Crippen LogP contribution in [0.5, 0.6) is 0 Å². The van der Waals surface area contributed by atoms with Crippen LogP contribution in [-0.4, -0.2) is 43.0 Å². The van der Waals surface area contributed by atoms with Crippen LogP contribution in [0.1, 0.15) is 38.5 Å². The lowest BCUT2D eigenvalue weighted by molar-refractivity contribution is -0.121. The second kappa shape index (κ2) is 5.08. The third-order valence-electron chi connectivity index (χ3n) is 3.65. The smallest absolute Gasteiger partial charge is 0.133 e. The molecule has 0 aromatic heterocycles. The molecule has 2 aliphatic rings. The quantitative estimate of drug-likeness (QED) is 0.710. The third kappa shape index (κ3) is 3.02. The van der Waals surface area contributed by atoms with Crippen LogP contribution in [0.3, 0.4) is 0 Å². The Morgan fingerprint density at radius 3 is 2.67 bits per heavy atom. The molecule has 0 spiro atoms. The minimum atomic E-state index is 0.438. The molecule has 1 saturated carbocycles. The molecule has 1 aliphatic carbocycles. The average Bonchev–Trinajstić information content (AvgIpc) is 2.71. The highest BCUT2D eigenvalue weighted by Crippen LogP contribution is 2.21. The van der Waals surface area contributed by atoms with Crippen molar-refractivity contribution in [3.05, 3.63) is 0 Å². The summed E-state index contributed by atoms with van der Waals surface area (Å²) in [5.74, 6) is 0.441. The number of carbonyl (C=O) groups excluding carboxylic acids is 1. The molecular formula is C12H21NO2. The fraction of sp³-hybridized carbons (Fsp3) is 0.917. The van der Waals surface area contributed by atoms with Gasteiger partial charge in [0.1, 0.15) is 5.78 Å². The Kier molecular flexibility index (Phi) is 3.76. The van der Waals surface area contributed by atoms with Gasteiger partial charge in [-0.15, -0.1) is 0 Å². The summed E-state index contributed by atoms with van der Waals surface area (Å²) in [6.07, 6.45) is 6.50. The molecule has 0 N–H and O–H groups in total. The summed E-state index contributed by atoms with van der Waals surface area (Å²) in [4.78, 5) is 13.5. The predicted molar refractivity (Wildman–Crippen MR) is 58.9 cm³/mol. The predicted octanol–water partition coefficient (Wildman–Crippen LogP) is 1.61. The summed E-state index contributed by atoms with van der Waals surface area (Å²) >= 11 is 0. The first-order chi connectivity index (χ1) is 7.25. The van der Waals surface area contributed by atoms with Gasteiger partial charge < -0.3 is 9.64 Å². The van der Waals surface area contributed by atoms with Crippen LogP contribution in [0.15, 0.2) is 0 Å². The van der Waals surface area contributed by atoms with E-state index in [1.807, 2.05) is 0 Å². The Balaban J connectivity index is 1.74. The minimum absolute atomic E-state index is 0.438. The van der Waals surface area contributed by atoms with Gasteiger partial charge in [0.25, 0.3) is 0 Å². The van der Waals surface area contributed by atoms with E-state index in [4.69, 9.17) is 4.74 Å². The van der Waals surface area contributed by atoms with Crippen LogP contribution in [-0.2, 0) is 9.53 Å². The second-order valence-corrected chi connectivity index (χ2v) is 4.84. The summed E-state index contributed by atoms with van der Waals surface area (Å²) in [6, 6.07) is 0.604. The number of Topliss-reactive ketones (excluding diaryl/α,β-unsaturated/α-hetero) is 1. The SMILES string of the molecule is CN(CC1CCCO1)C1CCC(=O)CC1. The summed E-state index contributed by atoms with van der Waals surface area (Å²) in [5, 5.41) is 0. The van der Waals surface area contributed by atoms with E-state index < -0.39 is 0 Å². The van der Waals surface area contributed by atoms with Crippen LogP contribution in [0.4, 0.5) is 0 Å². The molecular weight excluding hydrogens is 190 g/mol. The van der Waals surface area contributed by atoms with E-state index in [9.17, 15) is 4.79 Å². The van der Waals surface area contributed by atoms with Crippen LogP contribution < -0.4 is 0 Å². The maximum Gasteiger partial charge on any atom is 0.133 e. The molecule has 0 radical (unpaired) electrons. The van der Waals surface area contributed by atoms with Crippen molar-refractivity contribution >= 4 is 5.78 Å². The van der Waals surface area contributed by atoms with Gasteiger partial charge in [0.2, 0.25) is 0 Å². The highest BCUT2D eigenvalue weighted by molar-refractivity contribution is 5.79. The zero-order valence-electron chi connectivity index (χ0n) is 9.58. The van der Waals surface area contributed by atoms with Crippen LogP contribution in [0, 0.1) is 0 Å². The molecule has 2 rings (SSSR count). The average molecular weight is 211 g/mol. The molecule has 0 aromatic carbocycles.